The van der Waals surface area contributed by atoms with Crippen LogP contribution < -0.4 is 9.62 Å². The molecule has 0 aliphatic carbocycles. The van der Waals surface area contributed by atoms with Crippen molar-refractivity contribution >= 4 is 37.5 Å². The summed E-state index contributed by atoms with van der Waals surface area (Å²) in [6.45, 7) is 1.72. The van der Waals surface area contributed by atoms with Gasteiger partial charge in [-0.25, -0.2) is 13.1 Å². The molecule has 1 N–H and O–H groups in total. The van der Waals surface area contributed by atoms with E-state index in [9.17, 15) is 8.42 Å². The summed E-state index contributed by atoms with van der Waals surface area (Å²) >= 11 is 1.52. The number of rotatable bonds is 3. The highest BCUT2D eigenvalue weighted by Crippen LogP contribution is 2.32. The van der Waals surface area contributed by atoms with Crippen molar-refractivity contribution in [2.24, 2.45) is 0 Å². The first kappa shape index (κ1) is 13.8. The third-order valence-electron chi connectivity index (χ3n) is 3.53. The molecule has 2 heterocycles. The molecule has 0 atom stereocenters. The van der Waals surface area contributed by atoms with E-state index in [-0.39, 0.29) is 6.04 Å². The molecule has 7 heteroatoms. The molecular weight excluding hydrogens is 294 g/mol. The van der Waals surface area contributed by atoms with Gasteiger partial charge in [-0.1, -0.05) is 12.1 Å². The summed E-state index contributed by atoms with van der Waals surface area (Å²) in [7, 11) is -3.11. The summed E-state index contributed by atoms with van der Waals surface area (Å²) in [4.78, 5) is 2.31. The number of nitrogens with zero attached hydrogens (tertiary/aromatic N) is 2. The van der Waals surface area contributed by atoms with Crippen molar-refractivity contribution in [2.75, 3.05) is 24.2 Å². The van der Waals surface area contributed by atoms with Gasteiger partial charge in [-0.05, 0) is 36.5 Å². The van der Waals surface area contributed by atoms with Gasteiger partial charge in [-0.15, -0.1) is 0 Å². The number of benzene rings is 1. The molecule has 0 unspecified atom stereocenters. The van der Waals surface area contributed by atoms with E-state index in [1.165, 1.54) is 28.2 Å². The quantitative estimate of drug-likeness (QED) is 0.939. The van der Waals surface area contributed by atoms with E-state index in [2.05, 4.69) is 20.1 Å². The van der Waals surface area contributed by atoms with Crippen molar-refractivity contribution < 1.29 is 8.42 Å². The molecule has 1 aliphatic heterocycles. The van der Waals surface area contributed by atoms with Crippen molar-refractivity contribution in [1.29, 1.82) is 0 Å². The Bertz CT molecular complexity index is 703. The Kier molecular flexibility index (Phi) is 3.66. The van der Waals surface area contributed by atoms with Crippen LogP contribution >= 0.6 is 11.5 Å². The predicted octanol–water partition coefficient (Wildman–Crippen LogP) is 1.81. The Hall–Kier alpha value is -1.18. The number of piperidine rings is 1. The van der Waals surface area contributed by atoms with E-state index in [1.54, 1.807) is 0 Å². The first-order valence-corrected chi connectivity index (χ1v) is 9.26. The Balaban J connectivity index is 1.72. The first-order valence-electron chi connectivity index (χ1n) is 6.59. The standard InChI is InChI=1S/C13H17N3O2S2/c1-20(17,18)15-10-6-8-16(9-7-10)13-11-4-2-3-5-12(11)14-19-13/h2-5,10,15H,6-9H2,1H3. The fraction of sp³-hybridized carbons (Fsp3) is 0.462. The first-order chi connectivity index (χ1) is 9.53. The lowest BCUT2D eigenvalue weighted by Crippen LogP contribution is -2.44. The molecule has 0 bridgehead atoms. The monoisotopic (exact) mass is 311 g/mol. The van der Waals surface area contributed by atoms with E-state index in [0.29, 0.717) is 0 Å². The van der Waals surface area contributed by atoms with Gasteiger partial charge in [-0.2, -0.15) is 4.37 Å². The van der Waals surface area contributed by atoms with E-state index in [0.717, 1.165) is 31.4 Å². The lowest BCUT2D eigenvalue weighted by molar-refractivity contribution is 0.463. The Morgan fingerprint density at radius 2 is 2.00 bits per heavy atom. The minimum atomic E-state index is -3.11. The van der Waals surface area contributed by atoms with Crippen molar-refractivity contribution in [1.82, 2.24) is 9.10 Å². The van der Waals surface area contributed by atoms with Gasteiger partial charge in [0.25, 0.3) is 0 Å². The molecule has 2 aromatic rings. The average Bonchev–Trinajstić information content (AvgIpc) is 2.82. The summed E-state index contributed by atoms with van der Waals surface area (Å²) in [5.74, 6) is 0. The van der Waals surface area contributed by atoms with Crippen LogP contribution in [0, 0.1) is 0 Å². The Morgan fingerprint density at radius 1 is 1.30 bits per heavy atom. The molecule has 0 spiro atoms. The number of aromatic nitrogens is 1. The van der Waals surface area contributed by atoms with Crippen molar-refractivity contribution in [3.63, 3.8) is 0 Å². The molecule has 3 rings (SSSR count). The average molecular weight is 311 g/mol. The number of fused-ring (bicyclic) bond motifs is 1. The third-order valence-corrected chi connectivity index (χ3v) is 5.23. The SMILES string of the molecule is CS(=O)(=O)NC1CCN(c2snc3ccccc23)CC1. The fourth-order valence-electron chi connectivity index (χ4n) is 2.61. The van der Waals surface area contributed by atoms with E-state index in [1.807, 2.05) is 18.2 Å². The topological polar surface area (TPSA) is 62.3 Å². The molecule has 20 heavy (non-hydrogen) atoms. The maximum Gasteiger partial charge on any atom is 0.208 e. The second-order valence-corrected chi connectivity index (χ2v) is 7.69. The second kappa shape index (κ2) is 5.31. The molecule has 1 saturated heterocycles. The van der Waals surface area contributed by atoms with E-state index >= 15 is 0 Å². The van der Waals surface area contributed by atoms with Crippen LogP contribution in [0.1, 0.15) is 12.8 Å². The highest BCUT2D eigenvalue weighted by molar-refractivity contribution is 7.88. The highest BCUT2D eigenvalue weighted by atomic mass is 32.2. The van der Waals surface area contributed by atoms with Crippen LogP contribution in [-0.2, 0) is 10.0 Å². The zero-order chi connectivity index (χ0) is 14.2. The molecule has 0 radical (unpaired) electrons. The van der Waals surface area contributed by atoms with Gasteiger partial charge < -0.3 is 4.90 Å². The van der Waals surface area contributed by atoms with Crippen LogP contribution in [0.3, 0.4) is 0 Å². The third kappa shape index (κ3) is 2.94. The van der Waals surface area contributed by atoms with Crippen LogP contribution in [0.25, 0.3) is 10.9 Å². The zero-order valence-corrected chi connectivity index (χ0v) is 12.9. The molecule has 0 saturated carbocycles. The second-order valence-electron chi connectivity index (χ2n) is 5.16. The molecule has 0 amide bonds. The molecule has 1 aromatic heterocycles. The fourth-order valence-corrected chi connectivity index (χ4v) is 4.36. The number of nitrogens with one attached hydrogen (secondary N) is 1. The van der Waals surface area contributed by atoms with E-state index in [4.69, 9.17) is 0 Å². The van der Waals surface area contributed by atoms with Crippen LogP contribution in [0.4, 0.5) is 5.00 Å². The minimum absolute atomic E-state index is 0.0560. The summed E-state index contributed by atoms with van der Waals surface area (Å²) in [5.41, 5.74) is 1.03. The lowest BCUT2D eigenvalue weighted by Gasteiger charge is -2.32. The van der Waals surface area contributed by atoms with Crippen molar-refractivity contribution in [3.05, 3.63) is 24.3 Å². The molecular formula is C13H17N3O2S2. The minimum Gasteiger partial charge on any atom is -0.362 e. The maximum absolute atomic E-state index is 11.3. The van der Waals surface area contributed by atoms with Crippen LogP contribution in [0.5, 0.6) is 0 Å². The largest absolute Gasteiger partial charge is 0.362 e. The number of hydrogen-bond donors (Lipinski definition) is 1. The maximum atomic E-state index is 11.3. The highest BCUT2D eigenvalue weighted by Gasteiger charge is 2.23. The lowest BCUT2D eigenvalue weighted by atomic mass is 10.1. The molecule has 1 aromatic carbocycles. The van der Waals surface area contributed by atoms with Gasteiger partial charge in [0.15, 0.2) is 0 Å². The van der Waals surface area contributed by atoms with Gasteiger partial charge in [0.05, 0.1) is 11.8 Å². The van der Waals surface area contributed by atoms with Crippen LogP contribution in [0.2, 0.25) is 0 Å². The molecule has 1 aliphatic rings. The van der Waals surface area contributed by atoms with Crippen molar-refractivity contribution in [3.8, 4) is 0 Å². The van der Waals surface area contributed by atoms with Gasteiger partial charge in [0.2, 0.25) is 10.0 Å². The van der Waals surface area contributed by atoms with Gasteiger partial charge in [0, 0.05) is 24.5 Å². The molecule has 1 fully saturated rings. The zero-order valence-electron chi connectivity index (χ0n) is 11.2. The van der Waals surface area contributed by atoms with E-state index < -0.39 is 10.0 Å². The smallest absolute Gasteiger partial charge is 0.208 e. The summed E-state index contributed by atoms with van der Waals surface area (Å²) in [5, 5.41) is 2.38. The Morgan fingerprint density at radius 3 is 2.70 bits per heavy atom. The normalized spacial score (nSPS) is 17.8. The predicted molar refractivity (Wildman–Crippen MR) is 82.8 cm³/mol. The number of anilines is 1. The van der Waals surface area contributed by atoms with Gasteiger partial charge in [-0.3, -0.25) is 0 Å². The van der Waals surface area contributed by atoms with Crippen LogP contribution in [0.15, 0.2) is 24.3 Å². The number of sulfonamides is 1. The summed E-state index contributed by atoms with van der Waals surface area (Å²) in [6.07, 6.45) is 2.88. The Labute approximate surface area is 122 Å². The summed E-state index contributed by atoms with van der Waals surface area (Å²) < 4.78 is 29.7. The molecule has 5 nitrogen and oxygen atoms in total. The van der Waals surface area contributed by atoms with Gasteiger partial charge in [0.1, 0.15) is 5.00 Å². The number of hydrogen-bond acceptors (Lipinski definition) is 5. The van der Waals surface area contributed by atoms with Gasteiger partial charge >= 0.3 is 0 Å². The van der Waals surface area contributed by atoms with Crippen molar-refractivity contribution in [2.45, 2.75) is 18.9 Å². The summed E-state index contributed by atoms with van der Waals surface area (Å²) in [6, 6.07) is 8.19. The van der Waals surface area contributed by atoms with Crippen LogP contribution in [-0.4, -0.2) is 38.2 Å². The molecule has 108 valence electrons.